The van der Waals surface area contributed by atoms with Crippen molar-refractivity contribution in [3.8, 4) is 11.1 Å². The van der Waals surface area contributed by atoms with Crippen LogP contribution in [0.15, 0.2) is 110 Å². The molecule has 314 valence electrons. The van der Waals surface area contributed by atoms with Crippen LogP contribution in [0.2, 0.25) is 0 Å². The highest BCUT2D eigenvalue weighted by atomic mass is 79.9. The van der Waals surface area contributed by atoms with Gasteiger partial charge in [0.05, 0.1) is 30.5 Å². The lowest BCUT2D eigenvalue weighted by Crippen LogP contribution is -2.41. The Morgan fingerprint density at radius 2 is 1.23 bits per heavy atom. The molecule has 4 aromatic rings. The highest BCUT2D eigenvalue weighted by molar-refractivity contribution is 9.10. The zero-order chi connectivity index (χ0) is 42.8. The number of amidine groups is 2. The van der Waals surface area contributed by atoms with E-state index < -0.39 is 0 Å². The van der Waals surface area contributed by atoms with Gasteiger partial charge in [-0.05, 0) is 87.6 Å². The molecular weight excluding hydrogens is 823 g/mol. The molecule has 0 bridgehead atoms. The standard InChI is InChI=1S/C19H21N5O.C15H16BrN3O.C10H17BN2O2/c1-13(25)24-7-6-15-9-20-19(18(15)12-24)22-17-5-3-4-14(8-17)16-10-21-23(2)11-16;1-10(20)19-6-5-11-8-17-15(14(11)9-19)18-13-4-2-3-12(16)7-13;1-9(2)10(3,4)15-11(14-9)8-6-12-13(5)7-8/h3-5,8,10-11H,6-7,9,12H2,1-2H3,(H,20,22);2-4,7H,5-6,8-9H2,1H3,(H,17,18);6-7H,1-5H3. The van der Waals surface area contributed by atoms with Crippen molar-refractivity contribution < 1.29 is 18.9 Å². The van der Waals surface area contributed by atoms with E-state index in [2.05, 4.69) is 58.9 Å². The lowest BCUT2D eigenvalue weighted by atomic mass is 9.82. The number of anilines is 2. The molecule has 2 aromatic heterocycles. The number of nitrogens with one attached hydrogen (secondary N) is 2. The Labute approximate surface area is 361 Å². The number of aliphatic imine (C=N–C) groups is 2. The van der Waals surface area contributed by atoms with Gasteiger partial charge in [0.1, 0.15) is 11.7 Å². The van der Waals surface area contributed by atoms with Gasteiger partial charge in [0.15, 0.2) is 0 Å². The highest BCUT2D eigenvalue weighted by Gasteiger charge is 2.52. The van der Waals surface area contributed by atoms with E-state index in [4.69, 9.17) is 9.31 Å². The van der Waals surface area contributed by atoms with E-state index in [1.807, 2.05) is 107 Å². The normalized spacial score (nSPS) is 18.8. The molecule has 0 spiro atoms. The molecule has 0 unspecified atom stereocenters. The fraction of sp³-hybridized carbons (Fsp3) is 0.409. The summed E-state index contributed by atoms with van der Waals surface area (Å²) in [5.41, 5.74) is 9.67. The maximum atomic E-state index is 11.7. The second kappa shape index (κ2) is 17.7. The number of aromatic nitrogens is 4. The number of carbonyl (C=O) groups excluding carboxylic acids is 2. The number of rotatable bonds is 4. The number of aryl methyl sites for hydroxylation is 2. The van der Waals surface area contributed by atoms with Crippen LogP contribution in [0.3, 0.4) is 0 Å². The van der Waals surface area contributed by atoms with Gasteiger partial charge in [-0.15, -0.1) is 0 Å². The number of hydrogen-bond acceptors (Lipinski definition) is 10. The fourth-order valence-electron chi connectivity index (χ4n) is 7.47. The summed E-state index contributed by atoms with van der Waals surface area (Å²) in [6.45, 7) is 15.9. The van der Waals surface area contributed by atoms with E-state index >= 15 is 0 Å². The van der Waals surface area contributed by atoms with Crippen molar-refractivity contribution in [1.29, 1.82) is 0 Å². The minimum absolute atomic E-state index is 0.122. The van der Waals surface area contributed by atoms with Crippen molar-refractivity contribution in [3.05, 3.63) is 100 Å². The minimum Gasteiger partial charge on any atom is -0.399 e. The summed E-state index contributed by atoms with van der Waals surface area (Å²) in [6, 6.07) is 16.2. The summed E-state index contributed by atoms with van der Waals surface area (Å²) in [5.74, 6) is 2.05. The van der Waals surface area contributed by atoms with E-state index in [0.29, 0.717) is 13.1 Å². The third kappa shape index (κ3) is 9.83. The summed E-state index contributed by atoms with van der Waals surface area (Å²) in [6.07, 6.45) is 9.41. The average Bonchev–Trinajstić information content (AvgIpc) is 4.05. The second-order valence-electron chi connectivity index (χ2n) is 16.7. The predicted molar refractivity (Wildman–Crippen MR) is 241 cm³/mol. The summed E-state index contributed by atoms with van der Waals surface area (Å²) in [7, 11) is 3.49. The Bertz CT molecular complexity index is 2380. The minimum atomic E-state index is -0.302. The summed E-state index contributed by atoms with van der Waals surface area (Å²) in [4.78, 5) is 36.2. The molecule has 9 rings (SSSR count). The number of benzene rings is 2. The summed E-state index contributed by atoms with van der Waals surface area (Å²) >= 11 is 3.46. The monoisotopic (exact) mass is 876 g/mol. The molecule has 5 aliphatic rings. The molecule has 0 radical (unpaired) electrons. The van der Waals surface area contributed by atoms with E-state index in [1.165, 1.54) is 22.3 Å². The Balaban J connectivity index is 0.000000141. The third-order valence-electron chi connectivity index (χ3n) is 11.7. The van der Waals surface area contributed by atoms with Crippen LogP contribution in [-0.4, -0.2) is 110 Å². The van der Waals surface area contributed by atoms with Gasteiger partial charge in [0.2, 0.25) is 11.8 Å². The molecule has 0 aliphatic carbocycles. The molecule has 2 amide bonds. The van der Waals surface area contributed by atoms with Crippen molar-refractivity contribution in [2.24, 2.45) is 24.1 Å². The van der Waals surface area contributed by atoms with E-state index in [9.17, 15) is 9.59 Å². The Hall–Kier alpha value is -5.32. The first kappa shape index (κ1) is 42.8. The molecule has 1 fully saturated rings. The quantitative estimate of drug-likeness (QED) is 0.238. The van der Waals surface area contributed by atoms with Gasteiger partial charge in [-0.3, -0.25) is 28.9 Å². The van der Waals surface area contributed by atoms with Crippen LogP contribution >= 0.6 is 15.9 Å². The largest absolute Gasteiger partial charge is 0.498 e. The van der Waals surface area contributed by atoms with E-state index in [-0.39, 0.29) is 30.1 Å². The molecule has 14 nitrogen and oxygen atoms in total. The van der Waals surface area contributed by atoms with Crippen molar-refractivity contribution in [2.45, 2.75) is 65.6 Å². The SMILES string of the molecule is CC(=O)N1CCC2=C(C1)C(Nc1cccc(-c3cnn(C)c3)c1)=NC2.CC(=O)N1CCC2=C(C1)C(Nc1cccc(Br)c1)=NC2.Cn1cc(B2OC(C)(C)C(C)(C)O2)cn1. The van der Waals surface area contributed by atoms with Crippen LogP contribution in [0.4, 0.5) is 11.4 Å². The van der Waals surface area contributed by atoms with E-state index in [0.717, 1.165) is 83.1 Å². The van der Waals surface area contributed by atoms with Crippen molar-refractivity contribution in [2.75, 3.05) is 49.9 Å². The molecule has 0 atom stereocenters. The maximum absolute atomic E-state index is 11.7. The zero-order valence-electron chi connectivity index (χ0n) is 35.8. The van der Waals surface area contributed by atoms with Gasteiger partial charge in [-0.1, -0.05) is 34.1 Å². The maximum Gasteiger partial charge on any atom is 0.498 e. The third-order valence-corrected chi connectivity index (χ3v) is 12.2. The summed E-state index contributed by atoms with van der Waals surface area (Å²) in [5, 5.41) is 15.2. The van der Waals surface area contributed by atoms with Crippen LogP contribution in [-0.2, 0) is 33.0 Å². The first-order chi connectivity index (χ1) is 28.5. The Morgan fingerprint density at radius 1 is 0.717 bits per heavy atom. The van der Waals surface area contributed by atoms with Crippen molar-refractivity contribution >= 4 is 63.4 Å². The molecule has 16 heteroatoms. The molecule has 2 N–H and O–H groups in total. The highest BCUT2D eigenvalue weighted by Crippen LogP contribution is 2.36. The molecule has 5 aliphatic heterocycles. The second-order valence-corrected chi connectivity index (χ2v) is 17.6. The van der Waals surface area contributed by atoms with Gasteiger partial charge in [0, 0.05) is 111 Å². The topological polar surface area (TPSA) is 144 Å². The molecule has 1 saturated heterocycles. The van der Waals surface area contributed by atoms with Gasteiger partial charge in [-0.2, -0.15) is 10.2 Å². The lowest BCUT2D eigenvalue weighted by molar-refractivity contribution is -0.129. The van der Waals surface area contributed by atoms with Crippen LogP contribution < -0.4 is 16.1 Å². The Kier molecular flexibility index (Phi) is 12.6. The van der Waals surface area contributed by atoms with Crippen molar-refractivity contribution in [1.82, 2.24) is 29.4 Å². The molecule has 7 heterocycles. The van der Waals surface area contributed by atoms with Crippen molar-refractivity contribution in [3.63, 3.8) is 0 Å². The van der Waals surface area contributed by atoms with Gasteiger partial charge >= 0.3 is 7.12 Å². The predicted octanol–water partition coefficient (Wildman–Crippen LogP) is 6.00. The molecular formula is C44H54BBrN10O4. The van der Waals surface area contributed by atoms with E-state index in [1.54, 1.807) is 29.4 Å². The number of amides is 2. The smallest absolute Gasteiger partial charge is 0.399 e. The summed E-state index contributed by atoms with van der Waals surface area (Å²) < 4.78 is 16.4. The van der Waals surface area contributed by atoms with Crippen LogP contribution in [0.25, 0.3) is 11.1 Å². The van der Waals surface area contributed by atoms with Crippen LogP contribution in [0, 0.1) is 0 Å². The molecule has 0 saturated carbocycles. The van der Waals surface area contributed by atoms with Gasteiger partial charge in [-0.25, -0.2) is 0 Å². The average molecular weight is 878 g/mol. The van der Waals surface area contributed by atoms with Crippen LogP contribution in [0.1, 0.15) is 54.4 Å². The van der Waals surface area contributed by atoms with Gasteiger partial charge < -0.3 is 29.7 Å². The fourth-order valence-corrected chi connectivity index (χ4v) is 7.87. The number of halogens is 1. The first-order valence-electron chi connectivity index (χ1n) is 20.3. The first-order valence-corrected chi connectivity index (χ1v) is 21.1. The van der Waals surface area contributed by atoms with Crippen LogP contribution in [0.5, 0.6) is 0 Å². The molecule has 2 aromatic carbocycles. The lowest BCUT2D eigenvalue weighted by Gasteiger charge is -2.32. The number of nitrogens with zero attached hydrogens (tertiary/aromatic N) is 8. The zero-order valence-corrected chi connectivity index (χ0v) is 37.3. The number of carbonyl (C=O) groups is 2. The number of hydrogen-bond donors (Lipinski definition) is 2. The molecule has 60 heavy (non-hydrogen) atoms. The Morgan fingerprint density at radius 3 is 1.72 bits per heavy atom. The van der Waals surface area contributed by atoms with Gasteiger partial charge in [0.25, 0.3) is 0 Å².